The molecule has 0 bridgehead atoms. The zero-order valence-corrected chi connectivity index (χ0v) is 15.4. The number of carbonyl (C=O) groups is 1. The molecular formula is C17H27ClN4O3. The summed E-state index contributed by atoms with van der Waals surface area (Å²) in [5, 5.41) is 3.91. The topological polar surface area (TPSA) is 89.2 Å². The van der Waals surface area contributed by atoms with Crippen LogP contribution in [-0.2, 0) is 14.3 Å². The zero-order chi connectivity index (χ0) is 18.2. The summed E-state index contributed by atoms with van der Waals surface area (Å²) in [5.41, 5.74) is 5.52. The third-order valence-electron chi connectivity index (χ3n) is 4.56. The summed E-state index contributed by atoms with van der Waals surface area (Å²) in [6, 6.07) is 0.654. The monoisotopic (exact) mass is 370 g/mol. The maximum atomic E-state index is 12.6. The molecule has 2 atom stereocenters. The van der Waals surface area contributed by atoms with Crippen molar-refractivity contribution in [1.82, 2.24) is 10.2 Å². The van der Waals surface area contributed by atoms with Crippen molar-refractivity contribution < 1.29 is 14.3 Å². The highest BCUT2D eigenvalue weighted by Gasteiger charge is 2.30. The van der Waals surface area contributed by atoms with Crippen LogP contribution in [0, 0.1) is 0 Å². The van der Waals surface area contributed by atoms with E-state index in [9.17, 15) is 4.79 Å². The van der Waals surface area contributed by atoms with Crippen LogP contribution in [0.4, 0.5) is 0 Å². The Morgan fingerprint density at radius 2 is 2.16 bits per heavy atom. The lowest BCUT2D eigenvalue weighted by atomic mass is 9.99. The van der Waals surface area contributed by atoms with Crippen LogP contribution < -0.4 is 11.1 Å². The molecule has 0 aromatic heterocycles. The number of hydrogen-bond acceptors (Lipinski definition) is 5. The number of likely N-dealkylation sites (tertiary alicyclic amines) is 1. The molecule has 3 N–H and O–H groups in total. The Kier molecular flexibility index (Phi) is 7.90. The molecule has 2 fully saturated rings. The van der Waals surface area contributed by atoms with E-state index in [1.807, 2.05) is 0 Å². The third-order valence-corrected chi connectivity index (χ3v) is 4.67. The van der Waals surface area contributed by atoms with Gasteiger partial charge in [0.1, 0.15) is 5.70 Å². The summed E-state index contributed by atoms with van der Waals surface area (Å²) in [7, 11) is 1.71. The quantitative estimate of drug-likeness (QED) is 0.315. The predicted octanol–water partition coefficient (Wildman–Crippen LogP) is 0.994. The molecule has 8 heteroatoms. The van der Waals surface area contributed by atoms with Crippen molar-refractivity contribution in [2.75, 3.05) is 33.4 Å². The number of allylic oxidation sites excluding steroid dienone is 2. The van der Waals surface area contributed by atoms with Crippen molar-refractivity contribution in [1.29, 1.82) is 0 Å². The molecule has 0 aliphatic carbocycles. The van der Waals surface area contributed by atoms with Gasteiger partial charge in [0.2, 0.25) is 0 Å². The van der Waals surface area contributed by atoms with Crippen molar-refractivity contribution in [3.05, 3.63) is 23.4 Å². The Hall–Kier alpha value is -1.41. The first-order valence-electron chi connectivity index (χ1n) is 8.51. The average Bonchev–Trinajstić information content (AvgIpc) is 2.61. The summed E-state index contributed by atoms with van der Waals surface area (Å²) >= 11 is 5.76. The van der Waals surface area contributed by atoms with Gasteiger partial charge in [-0.05, 0) is 25.3 Å². The summed E-state index contributed by atoms with van der Waals surface area (Å²) in [5.74, 6) is -0.178. The first-order valence-corrected chi connectivity index (χ1v) is 8.89. The van der Waals surface area contributed by atoms with Gasteiger partial charge in [-0.25, -0.2) is 4.99 Å². The second kappa shape index (κ2) is 9.91. The standard InChI is InChI=1S/C17H27ClN4O3/c1-12(18)9-15(20-11-19)17(23)22-6-3-13(4-7-22)21-14-5-8-25-10-16(14)24-2/h9,11,13-14,16,21H,1,3-8,10H2,2H3,(H2,19,20)/b15-9-/t14-,16+/m0/s1. The van der Waals surface area contributed by atoms with E-state index in [0.717, 1.165) is 32.2 Å². The molecule has 0 unspecified atom stereocenters. The number of carbonyl (C=O) groups excluding carboxylic acids is 1. The van der Waals surface area contributed by atoms with Crippen LogP contribution >= 0.6 is 11.6 Å². The number of nitrogens with one attached hydrogen (secondary N) is 1. The fraction of sp³-hybridized carbons (Fsp3) is 0.647. The van der Waals surface area contributed by atoms with Gasteiger partial charge >= 0.3 is 0 Å². The Balaban J connectivity index is 1.88. The number of halogens is 1. The number of methoxy groups -OCH3 is 1. The van der Waals surface area contributed by atoms with E-state index in [-0.39, 0.29) is 22.7 Å². The smallest absolute Gasteiger partial charge is 0.272 e. The molecule has 2 saturated heterocycles. The minimum Gasteiger partial charge on any atom is -0.390 e. The lowest BCUT2D eigenvalue weighted by Crippen LogP contribution is -2.54. The second-order valence-corrected chi connectivity index (χ2v) is 6.72. The first kappa shape index (κ1) is 19.9. The molecule has 2 aliphatic rings. The van der Waals surface area contributed by atoms with E-state index in [1.54, 1.807) is 12.0 Å². The summed E-state index contributed by atoms with van der Waals surface area (Å²) < 4.78 is 10.9. The Morgan fingerprint density at radius 3 is 2.76 bits per heavy atom. The van der Waals surface area contributed by atoms with Gasteiger partial charge in [0.25, 0.3) is 5.91 Å². The second-order valence-electron chi connectivity index (χ2n) is 6.23. The van der Waals surface area contributed by atoms with Crippen molar-refractivity contribution in [3.63, 3.8) is 0 Å². The third kappa shape index (κ3) is 5.81. The lowest BCUT2D eigenvalue weighted by molar-refractivity contribution is -0.128. The van der Waals surface area contributed by atoms with E-state index >= 15 is 0 Å². The van der Waals surface area contributed by atoms with Gasteiger partial charge in [-0.3, -0.25) is 4.79 Å². The number of amides is 1. The average molecular weight is 371 g/mol. The van der Waals surface area contributed by atoms with E-state index in [0.29, 0.717) is 31.8 Å². The van der Waals surface area contributed by atoms with Crippen molar-refractivity contribution in [2.45, 2.75) is 37.5 Å². The number of rotatable bonds is 6. The molecule has 2 heterocycles. The van der Waals surface area contributed by atoms with Gasteiger partial charge in [0, 0.05) is 43.9 Å². The van der Waals surface area contributed by atoms with Crippen LogP contribution in [0.3, 0.4) is 0 Å². The van der Waals surface area contributed by atoms with Gasteiger partial charge in [-0.15, -0.1) is 0 Å². The number of nitrogens with two attached hydrogens (primary N) is 1. The predicted molar refractivity (Wildman–Crippen MR) is 98.5 cm³/mol. The Morgan fingerprint density at radius 1 is 1.44 bits per heavy atom. The highest BCUT2D eigenvalue weighted by atomic mass is 35.5. The van der Waals surface area contributed by atoms with Crippen molar-refractivity contribution in [3.8, 4) is 0 Å². The maximum absolute atomic E-state index is 12.6. The minimum atomic E-state index is -0.178. The molecule has 2 rings (SSSR count). The number of ether oxygens (including phenoxy) is 2. The zero-order valence-electron chi connectivity index (χ0n) is 14.6. The molecule has 2 aliphatic heterocycles. The highest BCUT2D eigenvalue weighted by molar-refractivity contribution is 6.31. The minimum absolute atomic E-state index is 0.0802. The normalized spacial score (nSPS) is 26.2. The fourth-order valence-electron chi connectivity index (χ4n) is 3.23. The molecule has 25 heavy (non-hydrogen) atoms. The van der Waals surface area contributed by atoms with Crippen LogP contribution in [0.15, 0.2) is 28.4 Å². The Labute approximate surface area is 153 Å². The van der Waals surface area contributed by atoms with Gasteiger partial charge < -0.3 is 25.4 Å². The van der Waals surface area contributed by atoms with Crippen LogP contribution in [0.5, 0.6) is 0 Å². The summed E-state index contributed by atoms with van der Waals surface area (Å²) in [6.45, 7) is 6.26. The SMILES string of the molecule is C=C(Cl)/C=C(\N=C/N)C(=O)N1CCC(N[C@H]2CCOC[C@H]2OC)CC1. The number of aliphatic imine (C=N–C) groups is 1. The molecule has 0 radical (unpaired) electrons. The van der Waals surface area contributed by atoms with Gasteiger partial charge in [-0.1, -0.05) is 18.2 Å². The van der Waals surface area contributed by atoms with Gasteiger partial charge in [0.05, 0.1) is 19.0 Å². The van der Waals surface area contributed by atoms with E-state index in [4.69, 9.17) is 26.8 Å². The number of nitrogens with zero attached hydrogens (tertiary/aromatic N) is 2. The van der Waals surface area contributed by atoms with Crippen LogP contribution in [0.1, 0.15) is 19.3 Å². The van der Waals surface area contributed by atoms with Crippen molar-refractivity contribution >= 4 is 23.8 Å². The molecule has 0 aromatic carbocycles. The molecular weight excluding hydrogens is 344 g/mol. The van der Waals surface area contributed by atoms with Crippen LogP contribution in [-0.4, -0.2) is 68.7 Å². The summed E-state index contributed by atoms with van der Waals surface area (Å²) in [4.78, 5) is 18.2. The number of piperidine rings is 1. The van der Waals surface area contributed by atoms with Crippen LogP contribution in [0.2, 0.25) is 0 Å². The molecule has 1 amide bonds. The molecule has 140 valence electrons. The van der Waals surface area contributed by atoms with E-state index in [2.05, 4.69) is 16.9 Å². The maximum Gasteiger partial charge on any atom is 0.272 e. The molecule has 0 aromatic rings. The van der Waals surface area contributed by atoms with Crippen LogP contribution in [0.25, 0.3) is 0 Å². The highest BCUT2D eigenvalue weighted by Crippen LogP contribution is 2.18. The van der Waals surface area contributed by atoms with Gasteiger partial charge in [-0.2, -0.15) is 0 Å². The largest absolute Gasteiger partial charge is 0.390 e. The van der Waals surface area contributed by atoms with Crippen molar-refractivity contribution in [2.24, 2.45) is 10.7 Å². The molecule has 0 spiro atoms. The number of hydrogen-bond donors (Lipinski definition) is 2. The lowest BCUT2D eigenvalue weighted by Gasteiger charge is -2.38. The molecule has 0 saturated carbocycles. The van der Waals surface area contributed by atoms with Gasteiger partial charge in [0.15, 0.2) is 0 Å². The molecule has 7 nitrogen and oxygen atoms in total. The Bertz CT molecular complexity index is 530. The van der Waals surface area contributed by atoms with E-state index in [1.165, 1.54) is 6.08 Å². The fourth-order valence-corrected chi connectivity index (χ4v) is 3.34. The first-order chi connectivity index (χ1) is 12.0. The summed E-state index contributed by atoms with van der Waals surface area (Å²) in [6.07, 6.45) is 5.29. The van der Waals surface area contributed by atoms with E-state index < -0.39 is 0 Å².